The van der Waals surface area contributed by atoms with Crippen molar-refractivity contribution < 1.29 is 4.74 Å². The van der Waals surface area contributed by atoms with Gasteiger partial charge in [0.2, 0.25) is 11.8 Å². The van der Waals surface area contributed by atoms with Gasteiger partial charge in [-0.05, 0) is 37.5 Å². The zero-order valence-electron chi connectivity index (χ0n) is 12.0. The zero-order valence-corrected chi connectivity index (χ0v) is 12.0. The lowest BCUT2D eigenvalue weighted by Crippen LogP contribution is -2.09. The van der Waals surface area contributed by atoms with E-state index in [1.54, 1.807) is 12.4 Å². The molecule has 2 aromatic rings. The average molecular weight is 272 g/mol. The Labute approximate surface area is 119 Å². The first-order valence-corrected chi connectivity index (χ1v) is 6.89. The van der Waals surface area contributed by atoms with Gasteiger partial charge in [-0.2, -0.15) is 4.98 Å². The van der Waals surface area contributed by atoms with E-state index >= 15 is 0 Å². The highest BCUT2D eigenvalue weighted by molar-refractivity contribution is 5.31. The fraction of sp³-hybridized carbons (Fsp3) is 0.400. The summed E-state index contributed by atoms with van der Waals surface area (Å²) in [6.45, 7) is 5.46. The Hall–Kier alpha value is -2.17. The highest BCUT2D eigenvalue weighted by Gasteiger charge is 2.02. The molecule has 0 aliphatic heterocycles. The molecular weight excluding hydrogens is 252 g/mol. The predicted molar refractivity (Wildman–Crippen MR) is 79.0 cm³/mol. The zero-order chi connectivity index (χ0) is 14.2. The number of aryl methyl sites for hydroxylation is 1. The van der Waals surface area contributed by atoms with Gasteiger partial charge >= 0.3 is 0 Å². The van der Waals surface area contributed by atoms with E-state index in [0.29, 0.717) is 18.4 Å². The number of hydrogen-bond acceptors (Lipinski definition) is 5. The summed E-state index contributed by atoms with van der Waals surface area (Å²) in [5.74, 6) is 1.25. The SMILES string of the molecule is CCCOc1cc(C)nc(NCCc2ccncc2)n1. The molecule has 1 N–H and O–H groups in total. The smallest absolute Gasteiger partial charge is 0.226 e. The van der Waals surface area contributed by atoms with Gasteiger partial charge in [0.1, 0.15) is 0 Å². The lowest BCUT2D eigenvalue weighted by atomic mass is 10.2. The monoisotopic (exact) mass is 272 g/mol. The molecule has 0 aliphatic rings. The van der Waals surface area contributed by atoms with Gasteiger partial charge in [0.05, 0.1) is 6.61 Å². The molecule has 0 radical (unpaired) electrons. The summed E-state index contributed by atoms with van der Waals surface area (Å²) < 4.78 is 5.54. The molecule has 0 amide bonds. The minimum atomic E-state index is 0.616. The van der Waals surface area contributed by atoms with Crippen LogP contribution < -0.4 is 10.1 Å². The quantitative estimate of drug-likeness (QED) is 0.839. The van der Waals surface area contributed by atoms with Crippen molar-refractivity contribution in [3.63, 3.8) is 0 Å². The maximum Gasteiger partial charge on any atom is 0.226 e. The van der Waals surface area contributed by atoms with E-state index in [1.165, 1.54) is 5.56 Å². The summed E-state index contributed by atoms with van der Waals surface area (Å²) in [7, 11) is 0. The number of rotatable bonds is 7. The molecule has 20 heavy (non-hydrogen) atoms. The molecule has 2 aromatic heterocycles. The molecule has 0 saturated carbocycles. The van der Waals surface area contributed by atoms with Crippen LogP contribution in [0.3, 0.4) is 0 Å². The molecule has 0 aliphatic carbocycles. The molecule has 2 heterocycles. The maximum absolute atomic E-state index is 5.54. The second kappa shape index (κ2) is 7.43. The number of hydrogen-bond donors (Lipinski definition) is 1. The maximum atomic E-state index is 5.54. The summed E-state index contributed by atoms with van der Waals surface area (Å²) in [4.78, 5) is 12.7. The van der Waals surface area contributed by atoms with Crippen LogP contribution in [-0.4, -0.2) is 28.1 Å². The van der Waals surface area contributed by atoms with Crippen LogP contribution in [0.15, 0.2) is 30.6 Å². The molecule has 0 aromatic carbocycles. The van der Waals surface area contributed by atoms with E-state index in [0.717, 1.165) is 25.1 Å². The van der Waals surface area contributed by atoms with Crippen molar-refractivity contribution in [1.82, 2.24) is 15.0 Å². The van der Waals surface area contributed by atoms with Crippen molar-refractivity contribution in [3.05, 3.63) is 41.9 Å². The van der Waals surface area contributed by atoms with Gasteiger partial charge in [-0.25, -0.2) is 4.98 Å². The van der Waals surface area contributed by atoms with Crippen molar-refractivity contribution in [1.29, 1.82) is 0 Å². The Morgan fingerprint density at radius 3 is 2.75 bits per heavy atom. The second-order valence-electron chi connectivity index (χ2n) is 4.55. The van der Waals surface area contributed by atoms with E-state index < -0.39 is 0 Å². The van der Waals surface area contributed by atoms with Crippen LogP contribution in [0.5, 0.6) is 5.88 Å². The van der Waals surface area contributed by atoms with Crippen molar-refractivity contribution >= 4 is 5.95 Å². The normalized spacial score (nSPS) is 10.3. The molecule has 5 nitrogen and oxygen atoms in total. The third kappa shape index (κ3) is 4.50. The molecule has 106 valence electrons. The van der Waals surface area contributed by atoms with Gasteiger partial charge in [0.25, 0.3) is 0 Å². The van der Waals surface area contributed by atoms with Crippen LogP contribution in [0, 0.1) is 6.92 Å². The second-order valence-corrected chi connectivity index (χ2v) is 4.55. The highest BCUT2D eigenvalue weighted by Crippen LogP contribution is 2.12. The molecule has 0 saturated heterocycles. The fourth-order valence-electron chi connectivity index (χ4n) is 1.77. The number of pyridine rings is 1. The van der Waals surface area contributed by atoms with Crippen molar-refractivity contribution in [3.8, 4) is 5.88 Å². The summed E-state index contributed by atoms with van der Waals surface area (Å²) >= 11 is 0. The fourth-order valence-corrected chi connectivity index (χ4v) is 1.77. The third-order valence-corrected chi connectivity index (χ3v) is 2.73. The van der Waals surface area contributed by atoms with Crippen LogP contribution in [0.4, 0.5) is 5.95 Å². The van der Waals surface area contributed by atoms with Crippen LogP contribution in [0.1, 0.15) is 24.6 Å². The Morgan fingerprint density at radius 2 is 2.00 bits per heavy atom. The Morgan fingerprint density at radius 1 is 1.20 bits per heavy atom. The summed E-state index contributed by atoms with van der Waals surface area (Å²) in [5.41, 5.74) is 2.14. The number of aromatic nitrogens is 3. The van der Waals surface area contributed by atoms with Crippen molar-refractivity contribution in [2.45, 2.75) is 26.7 Å². The first-order valence-electron chi connectivity index (χ1n) is 6.89. The van der Waals surface area contributed by atoms with Crippen molar-refractivity contribution in [2.24, 2.45) is 0 Å². The number of nitrogens with zero attached hydrogens (tertiary/aromatic N) is 3. The van der Waals surface area contributed by atoms with Gasteiger partial charge in [-0.15, -0.1) is 0 Å². The molecule has 5 heteroatoms. The van der Waals surface area contributed by atoms with E-state index in [1.807, 2.05) is 25.1 Å². The Kier molecular flexibility index (Phi) is 5.29. The van der Waals surface area contributed by atoms with Gasteiger partial charge in [0.15, 0.2) is 0 Å². The molecular formula is C15H20N4O. The summed E-state index contributed by atoms with van der Waals surface area (Å²) in [6, 6.07) is 5.87. The topological polar surface area (TPSA) is 59.9 Å². The number of ether oxygens (including phenoxy) is 1. The molecule has 0 atom stereocenters. The number of nitrogens with one attached hydrogen (secondary N) is 1. The van der Waals surface area contributed by atoms with Crippen LogP contribution >= 0.6 is 0 Å². The lowest BCUT2D eigenvalue weighted by molar-refractivity contribution is 0.305. The standard InChI is InChI=1S/C15H20N4O/c1-3-10-20-14-11-12(2)18-15(19-14)17-9-6-13-4-7-16-8-5-13/h4-5,7-8,11H,3,6,9-10H2,1-2H3,(H,17,18,19). The molecule has 2 rings (SSSR count). The van der Waals surface area contributed by atoms with Crippen LogP contribution in [0.25, 0.3) is 0 Å². The van der Waals surface area contributed by atoms with E-state index in [9.17, 15) is 0 Å². The Bertz CT molecular complexity index is 531. The first-order chi connectivity index (χ1) is 9.78. The molecule has 0 fully saturated rings. The minimum absolute atomic E-state index is 0.616. The van der Waals surface area contributed by atoms with Gasteiger partial charge < -0.3 is 10.1 Å². The molecule has 0 unspecified atom stereocenters. The molecule has 0 spiro atoms. The van der Waals surface area contributed by atoms with Gasteiger partial charge in [-0.1, -0.05) is 6.92 Å². The minimum Gasteiger partial charge on any atom is -0.478 e. The average Bonchev–Trinajstić information content (AvgIpc) is 2.46. The highest BCUT2D eigenvalue weighted by atomic mass is 16.5. The Balaban J connectivity index is 1.90. The number of anilines is 1. The van der Waals surface area contributed by atoms with E-state index in [2.05, 4.69) is 27.2 Å². The van der Waals surface area contributed by atoms with E-state index in [4.69, 9.17) is 4.74 Å². The van der Waals surface area contributed by atoms with E-state index in [-0.39, 0.29) is 0 Å². The van der Waals surface area contributed by atoms with Crippen LogP contribution in [-0.2, 0) is 6.42 Å². The van der Waals surface area contributed by atoms with Crippen molar-refractivity contribution in [2.75, 3.05) is 18.5 Å². The summed E-state index contributed by atoms with van der Waals surface area (Å²) in [6.07, 6.45) is 5.48. The third-order valence-electron chi connectivity index (χ3n) is 2.73. The van der Waals surface area contributed by atoms with Gasteiger partial charge in [-0.3, -0.25) is 4.98 Å². The van der Waals surface area contributed by atoms with Crippen LogP contribution in [0.2, 0.25) is 0 Å². The summed E-state index contributed by atoms with van der Waals surface area (Å²) in [5, 5.41) is 3.23. The first kappa shape index (κ1) is 14.2. The molecule has 0 bridgehead atoms. The lowest BCUT2D eigenvalue weighted by Gasteiger charge is -2.09. The van der Waals surface area contributed by atoms with Gasteiger partial charge in [0, 0.05) is 30.7 Å². The largest absolute Gasteiger partial charge is 0.478 e. The predicted octanol–water partition coefficient (Wildman–Crippen LogP) is 2.62.